The summed E-state index contributed by atoms with van der Waals surface area (Å²) in [5, 5.41) is 10.7. The van der Waals surface area contributed by atoms with E-state index >= 15 is 0 Å². The number of quaternary nitrogens is 1. The topological polar surface area (TPSA) is 79.3 Å². The molecule has 1 saturated heterocycles. The lowest BCUT2D eigenvalue weighted by Gasteiger charge is -2.34. The van der Waals surface area contributed by atoms with Crippen molar-refractivity contribution in [1.29, 1.82) is 0 Å². The molecule has 1 unspecified atom stereocenters. The maximum Gasteiger partial charge on any atom is 0.308 e. The van der Waals surface area contributed by atoms with Crippen molar-refractivity contribution in [2.24, 2.45) is 11.3 Å². The second kappa shape index (κ2) is 13.7. The molecule has 0 aliphatic carbocycles. The molecule has 8 nitrogen and oxygen atoms in total. The minimum atomic E-state index is -0.837. The fourth-order valence-corrected chi connectivity index (χ4v) is 6.95. The number of aliphatic carboxylic acids is 1. The summed E-state index contributed by atoms with van der Waals surface area (Å²) in [6, 6.07) is 13.7. The van der Waals surface area contributed by atoms with Crippen molar-refractivity contribution in [3.05, 3.63) is 65.2 Å². The zero-order valence-corrected chi connectivity index (χ0v) is 27.9. The molecule has 0 saturated carbocycles. The van der Waals surface area contributed by atoms with Crippen molar-refractivity contribution >= 4 is 17.6 Å². The fourth-order valence-electron chi connectivity index (χ4n) is 6.95. The van der Waals surface area contributed by atoms with Crippen LogP contribution in [0.15, 0.2) is 54.1 Å². The van der Waals surface area contributed by atoms with E-state index in [9.17, 15) is 14.7 Å². The maximum absolute atomic E-state index is 14.2. The standard InChI is InChI=1S/C36H51N3O5/c1-9-10-16-38(28-13-11-12-26(17-28)23-39(6,7)8)33(40)22-37-21-29(27-14-15-31-32(18-27)44-24-43-31)34(35(41)42)30(37)20-36(4,5)19-25(2)3/h11-15,17-19,29-30,34H,9-10,16,20-24H2,1-8H3/p+1/t29-,30+,34?/m1/s1. The van der Waals surface area contributed by atoms with Crippen LogP contribution < -0.4 is 14.4 Å². The molecule has 2 aliphatic heterocycles. The third-order valence-electron chi connectivity index (χ3n) is 8.53. The van der Waals surface area contributed by atoms with Crippen LogP contribution in [0.4, 0.5) is 5.69 Å². The molecule has 44 heavy (non-hydrogen) atoms. The van der Waals surface area contributed by atoms with Crippen LogP contribution >= 0.6 is 0 Å². The Morgan fingerprint density at radius 2 is 1.82 bits per heavy atom. The van der Waals surface area contributed by atoms with Crippen molar-refractivity contribution in [2.45, 2.75) is 72.4 Å². The zero-order valence-electron chi connectivity index (χ0n) is 27.9. The van der Waals surface area contributed by atoms with E-state index < -0.39 is 11.9 Å². The van der Waals surface area contributed by atoms with Crippen molar-refractivity contribution in [3.8, 4) is 11.5 Å². The van der Waals surface area contributed by atoms with Gasteiger partial charge in [0.15, 0.2) is 11.5 Å². The number of benzene rings is 2. The van der Waals surface area contributed by atoms with Crippen LogP contribution in [0.1, 0.15) is 70.9 Å². The number of hydrogen-bond donors (Lipinski definition) is 1. The number of fused-ring (bicyclic) bond motifs is 1. The number of rotatable bonds is 13. The van der Waals surface area contributed by atoms with Crippen LogP contribution in [0.2, 0.25) is 0 Å². The van der Waals surface area contributed by atoms with E-state index in [-0.39, 0.29) is 36.6 Å². The SMILES string of the molecule is CCCCN(C(=O)CN1C[C@H](c2ccc3c(c2)OCO3)C(C(=O)O)[C@@H]1CC(C)(C)C=C(C)C)c1cccc(C[N+](C)(C)C)c1. The zero-order chi connectivity index (χ0) is 32.2. The predicted molar refractivity (Wildman–Crippen MR) is 175 cm³/mol. The van der Waals surface area contributed by atoms with Gasteiger partial charge in [0.2, 0.25) is 12.7 Å². The van der Waals surface area contributed by atoms with Crippen LogP contribution in [-0.2, 0) is 16.1 Å². The molecule has 8 heteroatoms. The Labute approximate surface area is 263 Å². The van der Waals surface area contributed by atoms with Gasteiger partial charge in [-0.15, -0.1) is 0 Å². The first-order valence-electron chi connectivity index (χ1n) is 15.9. The quantitative estimate of drug-likeness (QED) is 0.213. The summed E-state index contributed by atoms with van der Waals surface area (Å²) in [6.07, 6.45) is 4.70. The van der Waals surface area contributed by atoms with Gasteiger partial charge in [-0.2, -0.15) is 0 Å². The van der Waals surface area contributed by atoms with Crippen LogP contribution in [0.25, 0.3) is 0 Å². The number of carbonyl (C=O) groups is 2. The molecule has 1 amide bonds. The van der Waals surface area contributed by atoms with Crippen LogP contribution in [-0.4, -0.2) is 80.0 Å². The summed E-state index contributed by atoms with van der Waals surface area (Å²) in [6.45, 7) is 12.8. The average Bonchev–Trinajstić information content (AvgIpc) is 3.51. The highest BCUT2D eigenvalue weighted by Gasteiger charge is 2.49. The van der Waals surface area contributed by atoms with Crippen molar-refractivity contribution in [3.63, 3.8) is 0 Å². The Morgan fingerprint density at radius 1 is 1.09 bits per heavy atom. The third-order valence-corrected chi connectivity index (χ3v) is 8.53. The molecule has 2 aliphatic rings. The van der Waals surface area contributed by atoms with Gasteiger partial charge in [0.25, 0.3) is 0 Å². The number of unbranched alkanes of at least 4 members (excludes halogenated alkanes) is 1. The van der Waals surface area contributed by atoms with E-state index in [4.69, 9.17) is 9.47 Å². The first-order valence-corrected chi connectivity index (χ1v) is 15.9. The molecule has 2 heterocycles. The fraction of sp³-hybridized carbons (Fsp3) is 0.556. The number of allylic oxidation sites excluding steroid dienone is 2. The van der Waals surface area contributed by atoms with Gasteiger partial charge in [-0.25, -0.2) is 0 Å². The maximum atomic E-state index is 14.2. The van der Waals surface area contributed by atoms with Crippen molar-refractivity contribution in [2.75, 3.05) is 52.5 Å². The summed E-state index contributed by atoms with van der Waals surface area (Å²) >= 11 is 0. The van der Waals surface area contributed by atoms with E-state index in [0.29, 0.717) is 31.0 Å². The first-order chi connectivity index (χ1) is 20.7. The summed E-state index contributed by atoms with van der Waals surface area (Å²) in [5.74, 6) is -0.491. The van der Waals surface area contributed by atoms with Crippen LogP contribution in [0.5, 0.6) is 11.5 Å². The predicted octanol–water partition coefficient (Wildman–Crippen LogP) is 6.31. The molecular weight excluding hydrogens is 554 g/mol. The van der Waals surface area contributed by atoms with Gasteiger partial charge in [-0.3, -0.25) is 14.5 Å². The number of likely N-dealkylation sites (tertiary alicyclic amines) is 1. The lowest BCUT2D eigenvalue weighted by molar-refractivity contribution is -0.884. The Hall–Kier alpha value is -3.36. The molecule has 4 rings (SSSR count). The molecule has 2 aromatic carbocycles. The highest BCUT2D eigenvalue weighted by molar-refractivity contribution is 5.95. The third kappa shape index (κ3) is 8.42. The molecule has 240 valence electrons. The Bertz CT molecular complexity index is 1360. The largest absolute Gasteiger partial charge is 0.481 e. The van der Waals surface area contributed by atoms with Gasteiger partial charge >= 0.3 is 5.97 Å². The Kier molecular flexibility index (Phi) is 10.5. The van der Waals surface area contributed by atoms with Gasteiger partial charge in [0, 0.05) is 36.3 Å². The molecule has 1 fully saturated rings. The molecule has 0 spiro atoms. The minimum absolute atomic E-state index is 0.00124. The number of carboxylic acid groups (broad SMARTS) is 1. The summed E-state index contributed by atoms with van der Waals surface area (Å²) in [5.41, 5.74) is 3.92. The van der Waals surface area contributed by atoms with E-state index in [1.54, 1.807) is 0 Å². The molecule has 0 radical (unpaired) electrons. The number of amides is 1. The molecule has 0 aromatic heterocycles. The van der Waals surface area contributed by atoms with E-state index in [1.807, 2.05) is 35.2 Å². The number of ether oxygens (including phenoxy) is 2. The second-order valence-corrected chi connectivity index (χ2v) is 14.5. The van der Waals surface area contributed by atoms with Crippen molar-refractivity contribution < 1.29 is 28.7 Å². The van der Waals surface area contributed by atoms with E-state index in [2.05, 4.69) is 78.9 Å². The highest BCUT2D eigenvalue weighted by Crippen LogP contribution is 2.45. The smallest absolute Gasteiger partial charge is 0.308 e. The number of nitrogens with zero attached hydrogens (tertiary/aromatic N) is 3. The van der Waals surface area contributed by atoms with E-state index in [1.165, 1.54) is 11.1 Å². The Morgan fingerprint density at radius 3 is 2.48 bits per heavy atom. The lowest BCUT2D eigenvalue weighted by atomic mass is 9.77. The second-order valence-electron chi connectivity index (χ2n) is 14.5. The summed E-state index contributed by atoms with van der Waals surface area (Å²) < 4.78 is 12.0. The number of carbonyl (C=O) groups excluding carboxylic acids is 1. The number of carboxylic acids is 1. The summed E-state index contributed by atoms with van der Waals surface area (Å²) in [4.78, 5) is 31.3. The average molecular weight is 607 g/mol. The van der Waals surface area contributed by atoms with Crippen LogP contribution in [0, 0.1) is 11.3 Å². The molecule has 3 atom stereocenters. The van der Waals surface area contributed by atoms with Gasteiger partial charge < -0.3 is 24.0 Å². The highest BCUT2D eigenvalue weighted by atomic mass is 16.7. The molecule has 0 bridgehead atoms. The minimum Gasteiger partial charge on any atom is -0.481 e. The van der Waals surface area contributed by atoms with E-state index in [0.717, 1.165) is 35.1 Å². The molecule has 2 aromatic rings. The first kappa shape index (κ1) is 33.5. The monoisotopic (exact) mass is 606 g/mol. The number of anilines is 1. The lowest BCUT2D eigenvalue weighted by Crippen LogP contribution is -2.45. The van der Waals surface area contributed by atoms with Crippen LogP contribution in [0.3, 0.4) is 0 Å². The summed E-state index contributed by atoms with van der Waals surface area (Å²) in [7, 11) is 6.48. The van der Waals surface area contributed by atoms with Gasteiger partial charge in [0.05, 0.1) is 33.6 Å². The van der Waals surface area contributed by atoms with Gasteiger partial charge in [0.1, 0.15) is 6.54 Å². The molecular formula is C36H52N3O5+. The Balaban J connectivity index is 1.68. The molecule has 1 N–H and O–H groups in total. The normalized spacial score (nSPS) is 20.0. The number of hydrogen-bond acceptors (Lipinski definition) is 5. The van der Waals surface area contributed by atoms with Gasteiger partial charge in [-0.1, -0.05) is 57.0 Å². The van der Waals surface area contributed by atoms with Crippen molar-refractivity contribution in [1.82, 2.24) is 4.90 Å². The van der Waals surface area contributed by atoms with Gasteiger partial charge in [-0.05, 0) is 61.9 Å².